The minimum atomic E-state index is -4.05. The predicted molar refractivity (Wildman–Crippen MR) is 166 cm³/mol. The summed E-state index contributed by atoms with van der Waals surface area (Å²) in [4.78, 5) is 49.9. The van der Waals surface area contributed by atoms with Gasteiger partial charge in [0.15, 0.2) is 0 Å². The minimum Gasteiger partial charge on any atom is -0.444 e. The van der Waals surface area contributed by atoms with E-state index in [4.69, 9.17) is 4.74 Å². The fourth-order valence-corrected chi connectivity index (χ4v) is 6.18. The first-order valence-corrected chi connectivity index (χ1v) is 17.0. The van der Waals surface area contributed by atoms with Crippen molar-refractivity contribution in [3.63, 3.8) is 0 Å². The van der Waals surface area contributed by atoms with E-state index in [-0.39, 0.29) is 18.3 Å². The van der Waals surface area contributed by atoms with Gasteiger partial charge in [-0.05, 0) is 51.0 Å². The van der Waals surface area contributed by atoms with Crippen LogP contribution < -0.4 is 16.0 Å². The van der Waals surface area contributed by atoms with Crippen molar-refractivity contribution < 1.29 is 38.2 Å². The number of benzene rings is 1. The van der Waals surface area contributed by atoms with E-state index >= 15 is 0 Å². The lowest BCUT2D eigenvalue weighted by molar-refractivity contribution is -0.131. The lowest BCUT2D eigenvalue weighted by atomic mass is 9.83. The maximum absolute atomic E-state index is 13.7. The number of ether oxygens (including phenoxy) is 1. The Hall–Kier alpha value is -2.46. The number of amides is 3. The first-order chi connectivity index (χ1) is 20.1. The standard InChI is InChI=1S/C31H52N3O8P/c1-21(2)17-25(28(36)32-24(18-22-13-9-7-10-14-22)27(35)20-43(39,40)41-6)33-29(37)26(19-23-15-11-8-12-16-23)34-30(38)42-31(3,4)5/h8,11-12,15-16,21-22,24-27,35H,7,9-10,13-14,17-20H2,1-6H3,(H,32,36)(H,33,37)(H,34,38)(H,39,40)/t24-,25-,26-,27-/m0/s1. The predicted octanol–water partition coefficient (Wildman–Crippen LogP) is 4.30. The van der Waals surface area contributed by atoms with E-state index in [1.165, 1.54) is 0 Å². The lowest BCUT2D eigenvalue weighted by Crippen LogP contribution is -2.57. The van der Waals surface area contributed by atoms with Crippen molar-refractivity contribution in [3.8, 4) is 0 Å². The van der Waals surface area contributed by atoms with Crippen LogP contribution in [0.1, 0.15) is 85.1 Å². The van der Waals surface area contributed by atoms with E-state index in [1.807, 2.05) is 44.2 Å². The maximum atomic E-state index is 13.7. The number of aliphatic hydroxyl groups excluding tert-OH is 1. The molecular formula is C31H52N3O8P. The highest BCUT2D eigenvalue weighted by Gasteiger charge is 2.35. The molecule has 5 atom stereocenters. The van der Waals surface area contributed by atoms with Crippen LogP contribution in [-0.4, -0.2) is 71.0 Å². The number of carbonyl (C=O) groups is 3. The Labute approximate surface area is 256 Å². The number of hydrogen-bond acceptors (Lipinski definition) is 7. The van der Waals surface area contributed by atoms with E-state index in [0.717, 1.165) is 44.8 Å². The van der Waals surface area contributed by atoms with Gasteiger partial charge in [0.25, 0.3) is 0 Å². The third-order valence-electron chi connectivity index (χ3n) is 7.44. The highest BCUT2D eigenvalue weighted by molar-refractivity contribution is 7.52. The first kappa shape index (κ1) is 36.7. The number of hydrogen-bond donors (Lipinski definition) is 5. The molecule has 1 aliphatic carbocycles. The second-order valence-corrected chi connectivity index (χ2v) is 15.0. The van der Waals surface area contributed by atoms with Crippen LogP contribution in [0.25, 0.3) is 0 Å². The molecule has 11 nitrogen and oxygen atoms in total. The van der Waals surface area contributed by atoms with Crippen molar-refractivity contribution in [2.45, 2.75) is 116 Å². The van der Waals surface area contributed by atoms with E-state index in [2.05, 4.69) is 20.5 Å². The largest absolute Gasteiger partial charge is 0.444 e. The minimum absolute atomic E-state index is 0.0234. The van der Waals surface area contributed by atoms with Gasteiger partial charge < -0.3 is 35.2 Å². The van der Waals surface area contributed by atoms with Crippen molar-refractivity contribution >= 4 is 25.5 Å². The van der Waals surface area contributed by atoms with Crippen LogP contribution in [-0.2, 0) is 29.8 Å². The Morgan fingerprint density at radius 3 is 2.14 bits per heavy atom. The van der Waals surface area contributed by atoms with Crippen LogP contribution in [0.15, 0.2) is 30.3 Å². The Balaban J connectivity index is 2.26. The summed E-state index contributed by atoms with van der Waals surface area (Å²) in [5, 5.41) is 19.3. The van der Waals surface area contributed by atoms with Gasteiger partial charge in [-0.2, -0.15) is 0 Å². The zero-order valence-corrected chi connectivity index (χ0v) is 27.4. The van der Waals surface area contributed by atoms with Crippen molar-refractivity contribution in [1.29, 1.82) is 0 Å². The molecule has 0 aliphatic heterocycles. The normalized spacial score (nSPS) is 18.5. The summed E-state index contributed by atoms with van der Waals surface area (Å²) < 4.78 is 22.3. The Morgan fingerprint density at radius 2 is 1.58 bits per heavy atom. The molecule has 0 heterocycles. The second kappa shape index (κ2) is 17.1. The number of carbonyl (C=O) groups excluding carboxylic acids is 3. The van der Waals surface area contributed by atoms with Crippen molar-refractivity contribution in [2.75, 3.05) is 13.3 Å². The molecule has 2 rings (SSSR count). The Kier molecular flexibility index (Phi) is 14.6. The summed E-state index contributed by atoms with van der Waals surface area (Å²) in [5.41, 5.74) is 0.0406. The van der Waals surface area contributed by atoms with E-state index in [1.54, 1.807) is 20.8 Å². The van der Waals surface area contributed by atoms with Gasteiger partial charge in [-0.3, -0.25) is 14.2 Å². The number of rotatable bonds is 15. The molecule has 1 saturated carbocycles. The van der Waals surface area contributed by atoms with Crippen LogP contribution in [0.4, 0.5) is 4.79 Å². The number of alkyl carbamates (subject to hydrolysis) is 1. The van der Waals surface area contributed by atoms with Gasteiger partial charge in [0, 0.05) is 13.5 Å². The molecular weight excluding hydrogens is 573 g/mol. The topological polar surface area (TPSA) is 163 Å². The van der Waals surface area contributed by atoms with Crippen LogP contribution in [0, 0.1) is 11.8 Å². The quantitative estimate of drug-likeness (QED) is 0.180. The molecule has 0 saturated heterocycles. The fourth-order valence-electron chi connectivity index (χ4n) is 5.30. The molecule has 1 unspecified atom stereocenters. The molecule has 0 bridgehead atoms. The van der Waals surface area contributed by atoms with Crippen molar-refractivity contribution in [1.82, 2.24) is 16.0 Å². The lowest BCUT2D eigenvalue weighted by Gasteiger charge is -2.32. The van der Waals surface area contributed by atoms with E-state index in [0.29, 0.717) is 12.8 Å². The molecule has 0 spiro atoms. The molecule has 244 valence electrons. The number of nitrogens with one attached hydrogen (secondary N) is 3. The molecule has 1 fully saturated rings. The monoisotopic (exact) mass is 625 g/mol. The average Bonchev–Trinajstić information content (AvgIpc) is 2.91. The van der Waals surface area contributed by atoms with E-state index in [9.17, 15) is 28.9 Å². The molecule has 1 aromatic carbocycles. The average molecular weight is 626 g/mol. The van der Waals surface area contributed by atoms with Gasteiger partial charge in [-0.15, -0.1) is 0 Å². The molecule has 0 radical (unpaired) electrons. The van der Waals surface area contributed by atoms with Crippen LogP contribution >= 0.6 is 7.60 Å². The van der Waals surface area contributed by atoms with Crippen LogP contribution in [0.2, 0.25) is 0 Å². The van der Waals surface area contributed by atoms with Crippen LogP contribution in [0.5, 0.6) is 0 Å². The van der Waals surface area contributed by atoms with Crippen molar-refractivity contribution in [3.05, 3.63) is 35.9 Å². The summed E-state index contributed by atoms with van der Waals surface area (Å²) in [7, 11) is -2.94. The second-order valence-electron chi connectivity index (χ2n) is 13.0. The Bertz CT molecular complexity index is 1070. The summed E-state index contributed by atoms with van der Waals surface area (Å²) in [6.45, 7) is 9.01. The molecule has 1 aliphatic rings. The zero-order valence-electron chi connectivity index (χ0n) is 26.5. The van der Waals surface area contributed by atoms with Gasteiger partial charge >= 0.3 is 13.7 Å². The molecule has 43 heavy (non-hydrogen) atoms. The van der Waals surface area contributed by atoms with Gasteiger partial charge in [0.1, 0.15) is 17.7 Å². The van der Waals surface area contributed by atoms with E-state index < -0.39 is 61.5 Å². The third-order valence-corrected chi connectivity index (χ3v) is 8.84. The van der Waals surface area contributed by atoms with Gasteiger partial charge in [-0.1, -0.05) is 76.3 Å². The summed E-state index contributed by atoms with van der Waals surface area (Å²) >= 11 is 0. The molecule has 3 amide bonds. The molecule has 12 heteroatoms. The summed E-state index contributed by atoms with van der Waals surface area (Å²) in [5.74, 6) is -0.794. The highest BCUT2D eigenvalue weighted by Crippen LogP contribution is 2.42. The SMILES string of the molecule is COP(=O)(O)C[C@H](O)[C@H](CC1CCCCC1)NC(=O)[C@H](CC(C)C)NC(=O)[C@H](Cc1ccccc1)NC(=O)OC(C)(C)C. The number of aliphatic hydroxyl groups is 1. The fraction of sp³-hybridized carbons (Fsp3) is 0.710. The summed E-state index contributed by atoms with van der Waals surface area (Å²) in [6, 6.07) is 6.39. The summed E-state index contributed by atoms with van der Waals surface area (Å²) in [6.07, 6.45) is 3.45. The van der Waals surface area contributed by atoms with Gasteiger partial charge in [0.05, 0.1) is 18.3 Å². The maximum Gasteiger partial charge on any atom is 0.408 e. The smallest absolute Gasteiger partial charge is 0.408 e. The first-order valence-electron chi connectivity index (χ1n) is 15.3. The third kappa shape index (κ3) is 14.2. The van der Waals surface area contributed by atoms with Crippen LogP contribution in [0.3, 0.4) is 0 Å². The molecule has 0 aromatic heterocycles. The Morgan fingerprint density at radius 1 is 0.977 bits per heavy atom. The van der Waals surface area contributed by atoms with Gasteiger partial charge in [-0.25, -0.2) is 4.79 Å². The zero-order chi connectivity index (χ0) is 32.2. The highest BCUT2D eigenvalue weighted by atomic mass is 31.2. The van der Waals surface area contributed by atoms with Crippen molar-refractivity contribution in [2.24, 2.45) is 11.8 Å². The molecule has 5 N–H and O–H groups in total. The molecule has 1 aromatic rings. The van der Waals surface area contributed by atoms with Gasteiger partial charge in [0.2, 0.25) is 11.8 Å².